The van der Waals surface area contributed by atoms with E-state index in [-0.39, 0.29) is 23.0 Å². The van der Waals surface area contributed by atoms with Crippen molar-refractivity contribution in [3.05, 3.63) is 28.2 Å². The molecule has 2 rings (SSSR count). The predicted octanol–water partition coefficient (Wildman–Crippen LogP) is 2.06. The highest BCUT2D eigenvalue weighted by Crippen LogP contribution is 2.29. The van der Waals surface area contributed by atoms with E-state index in [9.17, 15) is 13.2 Å². The van der Waals surface area contributed by atoms with E-state index in [0.717, 1.165) is 0 Å². The second-order valence-electron chi connectivity index (χ2n) is 5.83. The summed E-state index contributed by atoms with van der Waals surface area (Å²) in [5, 5.41) is 11.2. The van der Waals surface area contributed by atoms with Gasteiger partial charge < -0.3 is 19.9 Å². The summed E-state index contributed by atoms with van der Waals surface area (Å²) in [6, 6.07) is 4.04. The molecule has 8 nitrogen and oxygen atoms in total. The average molecular weight is 413 g/mol. The minimum absolute atomic E-state index is 0.00647. The Morgan fingerprint density at radius 1 is 1.24 bits per heavy atom. The van der Waals surface area contributed by atoms with Gasteiger partial charge in [0.05, 0.1) is 5.02 Å². The summed E-state index contributed by atoms with van der Waals surface area (Å²) in [4.78, 5) is 10.5. The highest BCUT2D eigenvalue weighted by Gasteiger charge is 2.41. The van der Waals surface area contributed by atoms with E-state index in [1.165, 1.54) is 18.2 Å². The van der Waals surface area contributed by atoms with Crippen LogP contribution in [0.15, 0.2) is 23.1 Å². The number of rotatable bonds is 6. The number of ether oxygens (including phenoxy) is 2. The fraction of sp³-hybridized carbons (Fsp3) is 0.500. The van der Waals surface area contributed by atoms with Gasteiger partial charge in [-0.05, 0) is 32.0 Å². The first kappa shape index (κ1) is 20.2. The first-order chi connectivity index (χ1) is 11.5. The second-order valence-corrected chi connectivity index (χ2v) is 8.40. The average Bonchev–Trinajstić information content (AvgIpc) is 2.77. The lowest BCUT2D eigenvalue weighted by Gasteiger charge is -2.17. The molecule has 0 spiro atoms. The molecule has 0 aromatic heterocycles. The molecule has 1 saturated heterocycles. The van der Waals surface area contributed by atoms with E-state index >= 15 is 0 Å². The molecule has 25 heavy (non-hydrogen) atoms. The fourth-order valence-corrected chi connectivity index (χ4v) is 4.22. The molecular weight excluding hydrogens is 395 g/mol. The summed E-state index contributed by atoms with van der Waals surface area (Å²) in [5.74, 6) is -0.959. The van der Waals surface area contributed by atoms with Crippen LogP contribution in [0.2, 0.25) is 10.0 Å². The molecule has 0 radical (unpaired) electrons. The van der Waals surface area contributed by atoms with Crippen LogP contribution in [0.5, 0.6) is 0 Å². The zero-order valence-corrected chi connectivity index (χ0v) is 15.8. The molecule has 11 heteroatoms. The number of carboxylic acid groups (broad SMARTS) is 1. The van der Waals surface area contributed by atoms with Crippen LogP contribution < -0.4 is 10.0 Å². The van der Waals surface area contributed by atoms with Crippen LogP contribution in [0.4, 0.5) is 4.79 Å². The third kappa shape index (κ3) is 5.44. The minimum Gasteiger partial charge on any atom is -0.465 e. The van der Waals surface area contributed by atoms with Crippen molar-refractivity contribution in [2.45, 2.75) is 36.7 Å². The van der Waals surface area contributed by atoms with Crippen molar-refractivity contribution in [1.82, 2.24) is 10.0 Å². The second kappa shape index (κ2) is 7.65. The molecule has 1 amide bonds. The van der Waals surface area contributed by atoms with E-state index < -0.39 is 34.1 Å². The fourth-order valence-electron chi connectivity index (χ4n) is 2.41. The third-order valence-corrected chi connectivity index (χ3v) is 5.54. The monoisotopic (exact) mass is 412 g/mol. The molecule has 1 heterocycles. The van der Waals surface area contributed by atoms with Crippen LogP contribution in [0.1, 0.15) is 13.8 Å². The van der Waals surface area contributed by atoms with Gasteiger partial charge in [0, 0.05) is 18.1 Å². The van der Waals surface area contributed by atoms with E-state index in [1.807, 2.05) is 0 Å². The first-order valence-corrected chi connectivity index (χ1v) is 9.51. The van der Waals surface area contributed by atoms with Gasteiger partial charge >= 0.3 is 6.09 Å². The normalized spacial score (nSPS) is 22.7. The topological polar surface area (TPSA) is 114 Å². The number of amides is 1. The molecule has 1 fully saturated rings. The standard InChI is InChI=1S/C14H18Cl2N2O6S/c1-14(2)23-10(6-17-13(19)20)11(24-14)7-18-25(21,22)12-4-3-8(15)5-9(12)16/h3-5,10-11,17-18H,6-7H2,1-2H3,(H,19,20)/t10-,11-/m1/s1. The molecule has 1 aromatic rings. The van der Waals surface area contributed by atoms with Crippen LogP contribution in [-0.2, 0) is 19.5 Å². The van der Waals surface area contributed by atoms with Crippen molar-refractivity contribution in [2.24, 2.45) is 0 Å². The maximum atomic E-state index is 12.4. The van der Waals surface area contributed by atoms with Gasteiger partial charge in [0.2, 0.25) is 10.0 Å². The summed E-state index contributed by atoms with van der Waals surface area (Å²) in [6.45, 7) is 3.17. The summed E-state index contributed by atoms with van der Waals surface area (Å²) >= 11 is 11.7. The lowest BCUT2D eigenvalue weighted by Crippen LogP contribution is -2.42. The van der Waals surface area contributed by atoms with Gasteiger partial charge in [-0.25, -0.2) is 17.9 Å². The first-order valence-electron chi connectivity index (χ1n) is 7.27. The Bertz CT molecular complexity index is 756. The summed E-state index contributed by atoms with van der Waals surface area (Å²) < 4.78 is 38.5. The maximum absolute atomic E-state index is 12.4. The van der Waals surface area contributed by atoms with Crippen LogP contribution in [-0.4, -0.2) is 50.7 Å². The molecule has 0 bridgehead atoms. The lowest BCUT2D eigenvalue weighted by atomic mass is 10.2. The summed E-state index contributed by atoms with van der Waals surface area (Å²) in [5.41, 5.74) is 0. The Morgan fingerprint density at radius 2 is 1.84 bits per heavy atom. The van der Waals surface area contributed by atoms with Gasteiger partial charge in [-0.15, -0.1) is 0 Å². The SMILES string of the molecule is CC1(C)O[C@H](CNC(=O)O)[C@@H](CNS(=O)(=O)c2ccc(Cl)cc2Cl)O1. The number of hydrogen-bond donors (Lipinski definition) is 3. The molecule has 0 unspecified atom stereocenters. The highest BCUT2D eigenvalue weighted by atomic mass is 35.5. The molecule has 140 valence electrons. The summed E-state index contributed by atoms with van der Waals surface area (Å²) in [7, 11) is -3.90. The van der Waals surface area contributed by atoms with Crippen molar-refractivity contribution in [3.63, 3.8) is 0 Å². The Balaban J connectivity index is 2.08. The van der Waals surface area contributed by atoms with Crippen LogP contribution in [0, 0.1) is 0 Å². The van der Waals surface area contributed by atoms with E-state index in [0.29, 0.717) is 5.02 Å². The van der Waals surface area contributed by atoms with Crippen LogP contribution >= 0.6 is 23.2 Å². The zero-order valence-electron chi connectivity index (χ0n) is 13.5. The zero-order chi connectivity index (χ0) is 18.8. The van der Waals surface area contributed by atoms with E-state index in [4.69, 9.17) is 37.8 Å². The van der Waals surface area contributed by atoms with E-state index in [1.54, 1.807) is 13.8 Å². The highest BCUT2D eigenvalue weighted by molar-refractivity contribution is 7.89. The van der Waals surface area contributed by atoms with Crippen LogP contribution in [0.25, 0.3) is 0 Å². The number of nitrogens with one attached hydrogen (secondary N) is 2. The number of hydrogen-bond acceptors (Lipinski definition) is 5. The van der Waals surface area contributed by atoms with Gasteiger partial charge in [0.25, 0.3) is 0 Å². The quantitative estimate of drug-likeness (QED) is 0.658. The van der Waals surface area contributed by atoms with Crippen molar-refractivity contribution in [3.8, 4) is 0 Å². The number of benzene rings is 1. The lowest BCUT2D eigenvalue weighted by molar-refractivity contribution is -0.145. The number of carbonyl (C=O) groups is 1. The smallest absolute Gasteiger partial charge is 0.404 e. The molecule has 0 aliphatic carbocycles. The Morgan fingerprint density at radius 3 is 2.40 bits per heavy atom. The molecular formula is C14H18Cl2N2O6S. The molecule has 2 atom stereocenters. The molecule has 1 aliphatic rings. The summed E-state index contributed by atoms with van der Waals surface area (Å²) in [6.07, 6.45) is -2.53. The van der Waals surface area contributed by atoms with Gasteiger partial charge in [-0.2, -0.15) is 0 Å². The number of sulfonamides is 1. The van der Waals surface area contributed by atoms with Gasteiger partial charge in [0.15, 0.2) is 5.79 Å². The Hall–Kier alpha value is -1.10. The molecule has 0 saturated carbocycles. The van der Waals surface area contributed by atoms with Gasteiger partial charge in [-0.3, -0.25) is 0 Å². The largest absolute Gasteiger partial charge is 0.465 e. The van der Waals surface area contributed by atoms with Crippen molar-refractivity contribution < 1.29 is 27.8 Å². The van der Waals surface area contributed by atoms with Crippen molar-refractivity contribution >= 4 is 39.3 Å². The Kier molecular flexibility index (Phi) is 6.18. The van der Waals surface area contributed by atoms with Crippen molar-refractivity contribution in [2.75, 3.05) is 13.1 Å². The van der Waals surface area contributed by atoms with Crippen molar-refractivity contribution in [1.29, 1.82) is 0 Å². The molecule has 1 aromatic carbocycles. The Labute approximate surface area is 155 Å². The predicted molar refractivity (Wildman–Crippen MR) is 91.5 cm³/mol. The molecule has 1 aliphatic heterocycles. The van der Waals surface area contributed by atoms with E-state index in [2.05, 4.69) is 10.0 Å². The van der Waals surface area contributed by atoms with Crippen LogP contribution in [0.3, 0.4) is 0 Å². The molecule has 3 N–H and O–H groups in total. The maximum Gasteiger partial charge on any atom is 0.404 e. The minimum atomic E-state index is -3.90. The number of halogens is 2. The van der Waals surface area contributed by atoms with Gasteiger partial charge in [-0.1, -0.05) is 23.2 Å². The van der Waals surface area contributed by atoms with Gasteiger partial charge in [0.1, 0.15) is 17.1 Å². The third-order valence-electron chi connectivity index (χ3n) is 3.40.